The number of benzene rings is 1. The molecular formula is C17H25NOS. The summed E-state index contributed by atoms with van der Waals surface area (Å²) in [4.78, 5) is 0. The van der Waals surface area contributed by atoms with Crippen LogP contribution in [0.2, 0.25) is 0 Å². The maximum atomic E-state index is 6.63. The van der Waals surface area contributed by atoms with Gasteiger partial charge in [0.1, 0.15) is 0 Å². The van der Waals surface area contributed by atoms with Gasteiger partial charge in [-0.3, -0.25) is 0 Å². The van der Waals surface area contributed by atoms with Gasteiger partial charge < -0.3 is 10.5 Å². The molecule has 3 unspecified atom stereocenters. The van der Waals surface area contributed by atoms with Crippen molar-refractivity contribution in [1.82, 2.24) is 0 Å². The highest BCUT2D eigenvalue weighted by molar-refractivity contribution is 7.99. The minimum atomic E-state index is 0.131. The minimum absolute atomic E-state index is 0.131. The molecule has 0 bridgehead atoms. The SMILES string of the molecule is CCc1ccccc1C(N)C1CCOC2(CCSC2)C1. The lowest BCUT2D eigenvalue weighted by molar-refractivity contribution is -0.0834. The molecule has 1 spiro atoms. The quantitative estimate of drug-likeness (QED) is 0.925. The van der Waals surface area contributed by atoms with Crippen LogP contribution in [0.15, 0.2) is 24.3 Å². The van der Waals surface area contributed by atoms with Gasteiger partial charge in [0.25, 0.3) is 0 Å². The Morgan fingerprint density at radius 3 is 3.05 bits per heavy atom. The van der Waals surface area contributed by atoms with E-state index in [2.05, 4.69) is 31.2 Å². The van der Waals surface area contributed by atoms with E-state index in [0.717, 1.165) is 31.6 Å². The molecule has 3 atom stereocenters. The molecule has 0 aliphatic carbocycles. The molecule has 1 aromatic rings. The van der Waals surface area contributed by atoms with E-state index in [-0.39, 0.29) is 11.6 Å². The first-order chi connectivity index (χ1) is 9.74. The van der Waals surface area contributed by atoms with Crippen LogP contribution in [0.4, 0.5) is 0 Å². The molecular weight excluding hydrogens is 266 g/mol. The van der Waals surface area contributed by atoms with Crippen molar-refractivity contribution in [1.29, 1.82) is 0 Å². The lowest BCUT2D eigenvalue weighted by Gasteiger charge is -2.40. The summed E-state index contributed by atoms with van der Waals surface area (Å²) < 4.78 is 6.12. The number of hydrogen-bond donors (Lipinski definition) is 1. The van der Waals surface area contributed by atoms with Gasteiger partial charge in [-0.1, -0.05) is 31.2 Å². The third-order valence-electron chi connectivity index (χ3n) is 4.90. The second-order valence-electron chi connectivity index (χ2n) is 6.17. The number of thioether (sulfide) groups is 1. The molecule has 0 amide bonds. The van der Waals surface area contributed by atoms with Crippen molar-refractivity contribution >= 4 is 11.8 Å². The Balaban J connectivity index is 1.77. The van der Waals surface area contributed by atoms with Crippen LogP contribution in [-0.2, 0) is 11.2 Å². The fourth-order valence-corrected chi connectivity index (χ4v) is 5.05. The molecule has 0 radical (unpaired) electrons. The number of nitrogens with two attached hydrogens (primary N) is 1. The van der Waals surface area contributed by atoms with E-state index in [1.54, 1.807) is 0 Å². The molecule has 2 aliphatic heterocycles. The van der Waals surface area contributed by atoms with E-state index < -0.39 is 0 Å². The van der Waals surface area contributed by atoms with Gasteiger partial charge >= 0.3 is 0 Å². The van der Waals surface area contributed by atoms with Crippen molar-refractivity contribution in [2.24, 2.45) is 11.7 Å². The first kappa shape index (κ1) is 14.4. The van der Waals surface area contributed by atoms with Gasteiger partial charge in [-0.15, -0.1) is 0 Å². The van der Waals surface area contributed by atoms with E-state index in [4.69, 9.17) is 10.5 Å². The average molecular weight is 291 g/mol. The van der Waals surface area contributed by atoms with Crippen molar-refractivity contribution in [2.75, 3.05) is 18.1 Å². The summed E-state index contributed by atoms with van der Waals surface area (Å²) in [5, 5.41) is 0. The zero-order chi connectivity index (χ0) is 14.0. The number of ether oxygens (including phenoxy) is 1. The van der Waals surface area contributed by atoms with Crippen molar-refractivity contribution in [3.05, 3.63) is 35.4 Å². The summed E-state index contributed by atoms with van der Waals surface area (Å²) in [5.41, 5.74) is 9.52. The molecule has 110 valence electrons. The summed E-state index contributed by atoms with van der Waals surface area (Å²) >= 11 is 2.03. The first-order valence-electron chi connectivity index (χ1n) is 7.79. The molecule has 2 heterocycles. The van der Waals surface area contributed by atoms with Crippen LogP contribution in [0.5, 0.6) is 0 Å². The third kappa shape index (κ3) is 2.76. The monoisotopic (exact) mass is 291 g/mol. The van der Waals surface area contributed by atoms with Crippen LogP contribution in [0.1, 0.15) is 43.4 Å². The minimum Gasteiger partial charge on any atom is -0.374 e. The molecule has 2 nitrogen and oxygen atoms in total. The summed E-state index contributed by atoms with van der Waals surface area (Å²) in [6.07, 6.45) is 4.51. The lowest BCUT2D eigenvalue weighted by atomic mass is 9.78. The topological polar surface area (TPSA) is 35.2 Å². The summed E-state index contributed by atoms with van der Waals surface area (Å²) in [6.45, 7) is 3.10. The average Bonchev–Trinajstić information content (AvgIpc) is 2.94. The van der Waals surface area contributed by atoms with Crippen molar-refractivity contribution in [2.45, 2.75) is 44.2 Å². The van der Waals surface area contributed by atoms with Gasteiger partial charge in [0, 0.05) is 18.4 Å². The van der Waals surface area contributed by atoms with Crippen LogP contribution < -0.4 is 5.73 Å². The van der Waals surface area contributed by atoms with E-state index in [1.807, 2.05) is 11.8 Å². The molecule has 2 aliphatic rings. The van der Waals surface area contributed by atoms with Gasteiger partial charge in [-0.05, 0) is 48.5 Å². The highest BCUT2D eigenvalue weighted by atomic mass is 32.2. The summed E-state index contributed by atoms with van der Waals surface area (Å²) in [6, 6.07) is 8.84. The van der Waals surface area contributed by atoms with Crippen LogP contribution >= 0.6 is 11.8 Å². The Morgan fingerprint density at radius 2 is 2.30 bits per heavy atom. The molecule has 0 aromatic heterocycles. The van der Waals surface area contributed by atoms with Crippen LogP contribution in [0.25, 0.3) is 0 Å². The Bertz CT molecular complexity index is 456. The van der Waals surface area contributed by atoms with Crippen molar-refractivity contribution in [3.63, 3.8) is 0 Å². The Morgan fingerprint density at radius 1 is 1.45 bits per heavy atom. The molecule has 0 saturated carbocycles. The standard InChI is InChI=1S/C17H25NOS/c1-2-13-5-3-4-6-15(13)16(18)14-7-9-19-17(11-14)8-10-20-12-17/h3-6,14,16H,2,7-12,18H2,1H3. The second kappa shape index (κ2) is 6.08. The van der Waals surface area contributed by atoms with Crippen molar-refractivity contribution in [3.8, 4) is 0 Å². The molecule has 2 fully saturated rings. The fraction of sp³-hybridized carbons (Fsp3) is 0.647. The molecule has 1 aromatic carbocycles. The number of hydrogen-bond acceptors (Lipinski definition) is 3. The van der Waals surface area contributed by atoms with E-state index >= 15 is 0 Å². The van der Waals surface area contributed by atoms with Crippen LogP contribution in [0, 0.1) is 5.92 Å². The van der Waals surface area contributed by atoms with Crippen LogP contribution in [0.3, 0.4) is 0 Å². The third-order valence-corrected chi connectivity index (χ3v) is 6.12. The Labute approximate surface area is 126 Å². The lowest BCUT2D eigenvalue weighted by Crippen LogP contribution is -2.42. The molecule has 3 rings (SSSR count). The van der Waals surface area contributed by atoms with Gasteiger partial charge in [-0.25, -0.2) is 0 Å². The maximum absolute atomic E-state index is 6.63. The molecule has 3 heteroatoms. The van der Waals surface area contributed by atoms with Gasteiger partial charge in [0.05, 0.1) is 5.60 Å². The fourth-order valence-electron chi connectivity index (χ4n) is 3.67. The first-order valence-corrected chi connectivity index (χ1v) is 8.95. The Hall–Kier alpha value is -0.510. The predicted molar refractivity (Wildman–Crippen MR) is 86.1 cm³/mol. The van der Waals surface area contributed by atoms with Gasteiger partial charge in [0.15, 0.2) is 0 Å². The summed E-state index contributed by atoms with van der Waals surface area (Å²) in [5.74, 6) is 2.97. The van der Waals surface area contributed by atoms with E-state index in [1.165, 1.54) is 23.3 Å². The summed E-state index contributed by atoms with van der Waals surface area (Å²) in [7, 11) is 0. The number of aryl methyl sites for hydroxylation is 1. The zero-order valence-corrected chi connectivity index (χ0v) is 13.1. The van der Waals surface area contributed by atoms with Crippen LogP contribution in [-0.4, -0.2) is 23.7 Å². The zero-order valence-electron chi connectivity index (χ0n) is 12.3. The second-order valence-corrected chi connectivity index (χ2v) is 7.27. The van der Waals surface area contributed by atoms with Gasteiger partial charge in [-0.2, -0.15) is 11.8 Å². The highest BCUT2D eigenvalue weighted by Gasteiger charge is 2.42. The Kier molecular flexibility index (Phi) is 4.39. The van der Waals surface area contributed by atoms with Gasteiger partial charge in [0.2, 0.25) is 0 Å². The highest BCUT2D eigenvalue weighted by Crippen LogP contribution is 2.43. The normalized spacial score (nSPS) is 31.6. The van der Waals surface area contributed by atoms with E-state index in [9.17, 15) is 0 Å². The smallest absolute Gasteiger partial charge is 0.0783 e. The molecule has 20 heavy (non-hydrogen) atoms. The molecule has 2 N–H and O–H groups in total. The van der Waals surface area contributed by atoms with Crippen molar-refractivity contribution < 1.29 is 4.74 Å². The number of rotatable bonds is 3. The maximum Gasteiger partial charge on any atom is 0.0783 e. The predicted octanol–water partition coefficient (Wildman–Crippen LogP) is 3.55. The van der Waals surface area contributed by atoms with E-state index in [0.29, 0.717) is 5.92 Å². The molecule has 2 saturated heterocycles. The largest absolute Gasteiger partial charge is 0.374 e.